The Morgan fingerprint density at radius 3 is 2.81 bits per heavy atom. The van der Waals surface area contributed by atoms with Crippen molar-refractivity contribution in [1.82, 2.24) is 19.9 Å². The number of fused-ring (bicyclic) bond motifs is 1. The van der Waals surface area contributed by atoms with Crippen molar-refractivity contribution in [2.24, 2.45) is 0 Å². The van der Waals surface area contributed by atoms with E-state index in [1.54, 1.807) is 6.33 Å². The molecule has 0 saturated heterocycles. The molecule has 1 N–H and O–H groups in total. The first-order chi connectivity index (χ1) is 10.1. The van der Waals surface area contributed by atoms with Crippen molar-refractivity contribution in [3.8, 4) is 5.82 Å². The van der Waals surface area contributed by atoms with E-state index in [2.05, 4.69) is 29.1 Å². The van der Waals surface area contributed by atoms with E-state index in [1.165, 1.54) is 0 Å². The van der Waals surface area contributed by atoms with Gasteiger partial charge in [0.25, 0.3) is 0 Å². The fourth-order valence-electron chi connectivity index (χ4n) is 2.19. The van der Waals surface area contributed by atoms with Gasteiger partial charge in [0.15, 0.2) is 5.82 Å². The maximum atomic E-state index is 6.40. The predicted octanol–water partition coefficient (Wildman–Crippen LogP) is 3.57. The van der Waals surface area contributed by atoms with Crippen molar-refractivity contribution in [1.29, 1.82) is 0 Å². The zero-order valence-corrected chi connectivity index (χ0v) is 12.8. The molecule has 3 rings (SSSR count). The Morgan fingerprint density at radius 1 is 1.24 bits per heavy atom. The van der Waals surface area contributed by atoms with Crippen LogP contribution < -0.4 is 5.32 Å². The first-order valence-electron chi connectivity index (χ1n) is 6.95. The molecular weight excluding hydrogens is 284 g/mol. The summed E-state index contributed by atoms with van der Waals surface area (Å²) in [6, 6.07) is 10.3. The van der Waals surface area contributed by atoms with Crippen molar-refractivity contribution >= 4 is 22.6 Å². The van der Waals surface area contributed by atoms with Gasteiger partial charge in [-0.15, -0.1) is 0 Å². The summed E-state index contributed by atoms with van der Waals surface area (Å²) >= 11 is 6.40. The average Bonchev–Trinajstić information content (AvgIpc) is 2.89. The third-order valence-electron chi connectivity index (χ3n) is 3.27. The standard InChI is InChI=1S/C16H17ClN4/c1-11(2)18-8-12-7-13(17)16(19-9-12)21-10-20-14-5-3-4-6-15(14)21/h3-7,9-11,18H,8H2,1-2H3. The van der Waals surface area contributed by atoms with Gasteiger partial charge in [-0.2, -0.15) is 0 Å². The molecule has 108 valence electrons. The molecule has 2 aromatic heterocycles. The highest BCUT2D eigenvalue weighted by Crippen LogP contribution is 2.23. The second-order valence-electron chi connectivity index (χ2n) is 5.29. The molecule has 0 spiro atoms. The minimum absolute atomic E-state index is 0.432. The third-order valence-corrected chi connectivity index (χ3v) is 3.55. The topological polar surface area (TPSA) is 42.7 Å². The van der Waals surface area contributed by atoms with Crippen LogP contribution in [0.15, 0.2) is 42.9 Å². The molecule has 0 aliphatic rings. The van der Waals surface area contributed by atoms with Gasteiger partial charge in [0, 0.05) is 18.8 Å². The number of nitrogens with zero attached hydrogens (tertiary/aromatic N) is 3. The molecular formula is C16H17ClN4. The van der Waals surface area contributed by atoms with Crippen LogP contribution in [0.2, 0.25) is 5.02 Å². The van der Waals surface area contributed by atoms with Crippen molar-refractivity contribution in [2.45, 2.75) is 26.4 Å². The average molecular weight is 301 g/mol. The number of hydrogen-bond acceptors (Lipinski definition) is 3. The molecule has 4 nitrogen and oxygen atoms in total. The normalized spacial score (nSPS) is 11.4. The molecule has 0 saturated carbocycles. The number of para-hydroxylation sites is 2. The van der Waals surface area contributed by atoms with E-state index >= 15 is 0 Å². The molecule has 3 aromatic rings. The highest BCUT2D eigenvalue weighted by molar-refractivity contribution is 6.32. The Morgan fingerprint density at radius 2 is 2.05 bits per heavy atom. The maximum absolute atomic E-state index is 6.40. The maximum Gasteiger partial charge on any atom is 0.157 e. The molecule has 21 heavy (non-hydrogen) atoms. The summed E-state index contributed by atoms with van der Waals surface area (Å²) in [4.78, 5) is 8.87. The Kier molecular flexibility index (Phi) is 3.90. The summed E-state index contributed by atoms with van der Waals surface area (Å²) in [6.45, 7) is 4.98. The van der Waals surface area contributed by atoms with Crippen LogP contribution in [0.25, 0.3) is 16.9 Å². The largest absolute Gasteiger partial charge is 0.310 e. The van der Waals surface area contributed by atoms with E-state index in [0.29, 0.717) is 16.9 Å². The molecule has 0 fully saturated rings. The van der Waals surface area contributed by atoms with E-state index in [1.807, 2.05) is 41.1 Å². The fourth-order valence-corrected chi connectivity index (χ4v) is 2.47. The minimum atomic E-state index is 0.432. The number of imidazole rings is 1. The third kappa shape index (κ3) is 2.91. The van der Waals surface area contributed by atoms with Gasteiger partial charge in [0.05, 0.1) is 16.1 Å². The molecule has 5 heteroatoms. The molecule has 2 heterocycles. The smallest absolute Gasteiger partial charge is 0.157 e. The summed E-state index contributed by atoms with van der Waals surface area (Å²) < 4.78 is 1.91. The van der Waals surface area contributed by atoms with Gasteiger partial charge in [0.2, 0.25) is 0 Å². The Balaban J connectivity index is 1.96. The lowest BCUT2D eigenvalue weighted by atomic mass is 10.2. The van der Waals surface area contributed by atoms with Crippen molar-refractivity contribution in [3.05, 3.63) is 53.4 Å². The van der Waals surface area contributed by atoms with Crippen LogP contribution >= 0.6 is 11.6 Å². The second-order valence-corrected chi connectivity index (χ2v) is 5.70. The molecule has 1 aromatic carbocycles. The first kappa shape index (κ1) is 14.0. The lowest BCUT2D eigenvalue weighted by Gasteiger charge is -2.10. The van der Waals surface area contributed by atoms with Crippen molar-refractivity contribution in [2.75, 3.05) is 0 Å². The van der Waals surface area contributed by atoms with Gasteiger partial charge in [0.1, 0.15) is 6.33 Å². The summed E-state index contributed by atoms with van der Waals surface area (Å²) in [5, 5.41) is 3.98. The lowest BCUT2D eigenvalue weighted by molar-refractivity contribution is 0.588. The highest BCUT2D eigenvalue weighted by Gasteiger charge is 2.10. The zero-order chi connectivity index (χ0) is 14.8. The van der Waals surface area contributed by atoms with E-state index in [9.17, 15) is 0 Å². The van der Waals surface area contributed by atoms with Crippen molar-refractivity contribution in [3.63, 3.8) is 0 Å². The molecule has 0 aliphatic carbocycles. The Bertz CT molecular complexity index is 764. The zero-order valence-electron chi connectivity index (χ0n) is 12.0. The van der Waals surface area contributed by atoms with Gasteiger partial charge in [-0.3, -0.25) is 4.57 Å². The summed E-state index contributed by atoms with van der Waals surface area (Å²) in [6.07, 6.45) is 3.61. The van der Waals surface area contributed by atoms with E-state index < -0.39 is 0 Å². The van der Waals surface area contributed by atoms with Gasteiger partial charge in [-0.25, -0.2) is 9.97 Å². The quantitative estimate of drug-likeness (QED) is 0.801. The van der Waals surface area contributed by atoms with Crippen LogP contribution in [0, 0.1) is 0 Å². The van der Waals surface area contributed by atoms with Crippen LogP contribution in [0.4, 0.5) is 0 Å². The van der Waals surface area contributed by atoms with Crippen LogP contribution in [0.1, 0.15) is 19.4 Å². The van der Waals surface area contributed by atoms with Crippen molar-refractivity contribution < 1.29 is 0 Å². The second kappa shape index (κ2) is 5.84. The number of aromatic nitrogens is 3. The fraction of sp³-hybridized carbons (Fsp3) is 0.250. The summed E-state index contributed by atoms with van der Waals surface area (Å²) in [5.74, 6) is 0.707. The van der Waals surface area contributed by atoms with Gasteiger partial charge in [-0.1, -0.05) is 37.6 Å². The Hall–Kier alpha value is -1.91. The minimum Gasteiger partial charge on any atom is -0.310 e. The number of halogens is 1. The lowest BCUT2D eigenvalue weighted by Crippen LogP contribution is -2.21. The number of rotatable bonds is 4. The number of benzene rings is 1. The van der Waals surface area contributed by atoms with Crippen LogP contribution in [-0.2, 0) is 6.54 Å². The summed E-state index contributed by atoms with van der Waals surface area (Å²) in [7, 11) is 0. The monoisotopic (exact) mass is 300 g/mol. The number of hydrogen-bond donors (Lipinski definition) is 1. The predicted molar refractivity (Wildman–Crippen MR) is 85.9 cm³/mol. The molecule has 0 aliphatic heterocycles. The highest BCUT2D eigenvalue weighted by atomic mass is 35.5. The number of nitrogens with one attached hydrogen (secondary N) is 1. The molecule has 0 radical (unpaired) electrons. The SMILES string of the molecule is CC(C)NCc1cnc(-n2cnc3ccccc32)c(Cl)c1. The first-order valence-corrected chi connectivity index (χ1v) is 7.33. The Labute approximate surface area is 128 Å². The van der Waals surface area contributed by atoms with E-state index in [4.69, 9.17) is 11.6 Å². The van der Waals surface area contributed by atoms with Crippen LogP contribution in [-0.4, -0.2) is 20.6 Å². The van der Waals surface area contributed by atoms with Gasteiger partial charge in [-0.05, 0) is 23.8 Å². The van der Waals surface area contributed by atoms with Crippen LogP contribution in [0.5, 0.6) is 0 Å². The van der Waals surface area contributed by atoms with Crippen LogP contribution in [0.3, 0.4) is 0 Å². The summed E-state index contributed by atoms with van der Waals surface area (Å²) in [5.41, 5.74) is 3.00. The molecule has 0 amide bonds. The molecule has 0 unspecified atom stereocenters. The van der Waals surface area contributed by atoms with E-state index in [0.717, 1.165) is 23.1 Å². The van der Waals surface area contributed by atoms with Gasteiger partial charge < -0.3 is 5.32 Å². The van der Waals surface area contributed by atoms with Gasteiger partial charge >= 0.3 is 0 Å². The molecule has 0 bridgehead atoms. The number of pyridine rings is 1. The van der Waals surface area contributed by atoms with E-state index in [-0.39, 0.29) is 0 Å². The molecule has 0 atom stereocenters.